The number of imide groups is 1. The van der Waals surface area contributed by atoms with Crippen molar-refractivity contribution in [3.8, 4) is 0 Å². The standard InChI is InChI=1S/C20H30N6O4S/c1-5-25(6-2)10-11-31-18-15-17(23(3)20(28)24(4)19(15)27)21-16(22-18)13-8-7-9-14(12-13)26(29)30/h7-9,12,15-18,21-22H,5-6,10-11H2,1-4H3. The highest BCUT2D eigenvalue weighted by atomic mass is 32.2. The molecule has 2 heterocycles. The molecule has 2 fully saturated rings. The summed E-state index contributed by atoms with van der Waals surface area (Å²) in [7, 11) is 3.17. The molecule has 11 heteroatoms. The highest BCUT2D eigenvalue weighted by Crippen LogP contribution is 2.34. The lowest BCUT2D eigenvalue weighted by Crippen LogP contribution is -2.72. The summed E-state index contributed by atoms with van der Waals surface area (Å²) in [6, 6.07) is 6.03. The lowest BCUT2D eigenvalue weighted by atomic mass is 9.96. The predicted molar refractivity (Wildman–Crippen MR) is 119 cm³/mol. The maximum Gasteiger partial charge on any atom is 0.327 e. The van der Waals surface area contributed by atoms with Crippen molar-refractivity contribution in [3.63, 3.8) is 0 Å². The maximum atomic E-state index is 13.0. The molecule has 4 unspecified atom stereocenters. The van der Waals surface area contributed by atoms with Crippen molar-refractivity contribution in [1.82, 2.24) is 25.3 Å². The topological polar surface area (TPSA) is 111 Å². The molecular weight excluding hydrogens is 420 g/mol. The highest BCUT2D eigenvalue weighted by Gasteiger charge is 2.51. The van der Waals surface area contributed by atoms with E-state index in [2.05, 4.69) is 29.4 Å². The molecule has 0 radical (unpaired) electrons. The summed E-state index contributed by atoms with van der Waals surface area (Å²) in [5.41, 5.74) is 0.687. The molecule has 2 saturated heterocycles. The Morgan fingerprint density at radius 2 is 1.90 bits per heavy atom. The van der Waals surface area contributed by atoms with Crippen LogP contribution in [0.3, 0.4) is 0 Å². The van der Waals surface area contributed by atoms with Crippen LogP contribution in [0, 0.1) is 16.0 Å². The molecule has 1 aromatic rings. The predicted octanol–water partition coefficient (Wildman–Crippen LogP) is 1.65. The van der Waals surface area contributed by atoms with E-state index < -0.39 is 23.2 Å². The van der Waals surface area contributed by atoms with Crippen LogP contribution in [0.25, 0.3) is 0 Å². The summed E-state index contributed by atoms with van der Waals surface area (Å²) < 4.78 is 0. The van der Waals surface area contributed by atoms with Crippen molar-refractivity contribution < 1.29 is 14.5 Å². The second-order valence-electron chi connectivity index (χ2n) is 7.70. The average molecular weight is 451 g/mol. The number of hydrogen-bond acceptors (Lipinski definition) is 8. The number of nitro benzene ring substituents is 1. The lowest BCUT2D eigenvalue weighted by molar-refractivity contribution is -0.385. The van der Waals surface area contributed by atoms with E-state index in [4.69, 9.17) is 0 Å². The second-order valence-corrected chi connectivity index (χ2v) is 8.95. The fourth-order valence-electron chi connectivity index (χ4n) is 4.06. The van der Waals surface area contributed by atoms with E-state index in [0.29, 0.717) is 5.56 Å². The number of amides is 3. The number of urea groups is 1. The minimum atomic E-state index is -0.507. The van der Waals surface area contributed by atoms with Crippen molar-refractivity contribution in [2.75, 3.05) is 39.5 Å². The van der Waals surface area contributed by atoms with Gasteiger partial charge in [0.15, 0.2) is 0 Å². The van der Waals surface area contributed by atoms with Gasteiger partial charge in [0.1, 0.15) is 0 Å². The van der Waals surface area contributed by atoms with Crippen molar-refractivity contribution >= 4 is 29.4 Å². The first-order chi connectivity index (χ1) is 14.8. The van der Waals surface area contributed by atoms with Crippen LogP contribution >= 0.6 is 11.8 Å². The Bertz CT molecular complexity index is 836. The highest BCUT2D eigenvalue weighted by molar-refractivity contribution is 7.99. The van der Waals surface area contributed by atoms with E-state index in [1.54, 1.807) is 30.9 Å². The molecular formula is C20H30N6O4S. The number of hydrogen-bond donors (Lipinski definition) is 2. The summed E-state index contributed by atoms with van der Waals surface area (Å²) in [5, 5.41) is 17.7. The molecule has 10 nitrogen and oxygen atoms in total. The molecule has 0 saturated carbocycles. The molecule has 3 amide bonds. The third kappa shape index (κ3) is 4.84. The van der Waals surface area contributed by atoms with Gasteiger partial charge >= 0.3 is 6.03 Å². The largest absolute Gasteiger partial charge is 0.327 e. The van der Waals surface area contributed by atoms with Crippen LogP contribution in [0.4, 0.5) is 10.5 Å². The molecule has 0 aliphatic carbocycles. The Labute approximate surface area is 186 Å². The number of non-ortho nitro benzene ring substituents is 1. The number of thioether (sulfide) groups is 1. The van der Waals surface area contributed by atoms with Crippen LogP contribution < -0.4 is 10.6 Å². The van der Waals surface area contributed by atoms with Gasteiger partial charge in [-0.2, -0.15) is 0 Å². The van der Waals surface area contributed by atoms with Gasteiger partial charge in [-0.1, -0.05) is 26.0 Å². The molecule has 0 bridgehead atoms. The van der Waals surface area contributed by atoms with E-state index in [1.807, 2.05) is 0 Å². The molecule has 4 atom stereocenters. The third-order valence-electron chi connectivity index (χ3n) is 5.97. The van der Waals surface area contributed by atoms with E-state index in [9.17, 15) is 19.7 Å². The van der Waals surface area contributed by atoms with Crippen LogP contribution in [0.1, 0.15) is 25.6 Å². The second kappa shape index (κ2) is 9.94. The van der Waals surface area contributed by atoms with Crippen LogP contribution in [-0.4, -0.2) is 82.6 Å². The number of nitrogens with zero attached hydrogens (tertiary/aromatic N) is 4. The summed E-state index contributed by atoms with van der Waals surface area (Å²) in [5.74, 6) is 0.120. The Morgan fingerprint density at radius 3 is 2.55 bits per heavy atom. The molecule has 2 N–H and O–H groups in total. The average Bonchev–Trinajstić information content (AvgIpc) is 2.78. The van der Waals surface area contributed by atoms with Crippen molar-refractivity contribution in [1.29, 1.82) is 0 Å². The molecule has 0 spiro atoms. The van der Waals surface area contributed by atoms with E-state index in [1.165, 1.54) is 24.1 Å². The van der Waals surface area contributed by atoms with Crippen LogP contribution in [0.5, 0.6) is 0 Å². The van der Waals surface area contributed by atoms with E-state index in [-0.39, 0.29) is 23.0 Å². The number of fused-ring (bicyclic) bond motifs is 1. The van der Waals surface area contributed by atoms with Crippen LogP contribution in [-0.2, 0) is 4.79 Å². The smallest absolute Gasteiger partial charge is 0.311 e. The van der Waals surface area contributed by atoms with Gasteiger partial charge in [0.05, 0.1) is 28.5 Å². The SMILES string of the molecule is CCN(CC)CCSC1NC(c2cccc([N+](=O)[O-])c2)NC2C1C(=O)N(C)C(=O)N2C. The fraction of sp³-hybridized carbons (Fsp3) is 0.600. The fourth-order valence-corrected chi connectivity index (χ4v) is 5.38. The van der Waals surface area contributed by atoms with Crippen molar-refractivity contribution in [2.24, 2.45) is 5.92 Å². The maximum absolute atomic E-state index is 13.0. The molecule has 31 heavy (non-hydrogen) atoms. The van der Waals surface area contributed by atoms with Gasteiger partial charge in [0.2, 0.25) is 5.91 Å². The summed E-state index contributed by atoms with van der Waals surface area (Å²) in [6.45, 7) is 7.04. The van der Waals surface area contributed by atoms with Gasteiger partial charge in [0.25, 0.3) is 5.69 Å². The number of nitrogens with one attached hydrogen (secondary N) is 2. The number of carbonyl (C=O) groups excluding carboxylic acids is 2. The summed E-state index contributed by atoms with van der Waals surface area (Å²) in [4.78, 5) is 41.3. The monoisotopic (exact) mass is 450 g/mol. The summed E-state index contributed by atoms with van der Waals surface area (Å²) >= 11 is 1.65. The van der Waals surface area contributed by atoms with Gasteiger partial charge < -0.3 is 9.80 Å². The van der Waals surface area contributed by atoms with Gasteiger partial charge in [0, 0.05) is 38.5 Å². The minimum absolute atomic E-state index is 0.00200. The number of carbonyl (C=O) groups is 2. The van der Waals surface area contributed by atoms with Crippen LogP contribution in [0.2, 0.25) is 0 Å². The summed E-state index contributed by atoms with van der Waals surface area (Å²) in [6.07, 6.45) is -0.939. The molecule has 1 aromatic carbocycles. The Kier molecular flexibility index (Phi) is 7.52. The van der Waals surface area contributed by atoms with Gasteiger partial charge in [-0.05, 0) is 18.7 Å². The molecule has 3 rings (SSSR count). The Hall–Kier alpha value is -2.21. The van der Waals surface area contributed by atoms with E-state index >= 15 is 0 Å². The third-order valence-corrected chi connectivity index (χ3v) is 7.18. The van der Waals surface area contributed by atoms with Crippen molar-refractivity contribution in [3.05, 3.63) is 39.9 Å². The molecule has 170 valence electrons. The Morgan fingerprint density at radius 1 is 1.19 bits per heavy atom. The quantitative estimate of drug-likeness (QED) is 0.454. The lowest BCUT2D eigenvalue weighted by Gasteiger charge is -2.50. The molecule has 0 aromatic heterocycles. The van der Waals surface area contributed by atoms with Crippen LogP contribution in [0.15, 0.2) is 24.3 Å². The van der Waals surface area contributed by atoms with Gasteiger partial charge in [-0.3, -0.25) is 30.4 Å². The van der Waals surface area contributed by atoms with Gasteiger partial charge in [-0.25, -0.2) is 4.79 Å². The first kappa shape index (κ1) is 23.5. The first-order valence-electron chi connectivity index (χ1n) is 10.4. The molecule has 2 aliphatic heterocycles. The number of nitro groups is 1. The number of benzene rings is 1. The van der Waals surface area contributed by atoms with E-state index in [0.717, 1.165) is 30.3 Å². The normalized spacial score (nSPS) is 26.4. The molecule has 2 aliphatic rings. The van der Waals surface area contributed by atoms with Gasteiger partial charge in [-0.15, -0.1) is 11.8 Å². The zero-order chi connectivity index (χ0) is 22.7. The Balaban J connectivity index is 1.86. The zero-order valence-electron chi connectivity index (χ0n) is 18.3. The number of rotatable bonds is 8. The minimum Gasteiger partial charge on any atom is -0.311 e. The van der Waals surface area contributed by atoms with Crippen molar-refractivity contribution in [2.45, 2.75) is 31.6 Å². The zero-order valence-corrected chi connectivity index (χ0v) is 19.1. The first-order valence-corrected chi connectivity index (χ1v) is 11.5.